The number of benzene rings is 2. The topological polar surface area (TPSA) is 40.1 Å². The maximum atomic E-state index is 5.28. The molecule has 4 aromatic rings. The second-order valence-corrected chi connectivity index (χ2v) is 7.06. The molecule has 0 saturated carbocycles. The number of hydrogen-bond donors (Lipinski definition) is 0. The summed E-state index contributed by atoms with van der Waals surface area (Å²) in [5.41, 5.74) is 11.4. The van der Waals surface area contributed by atoms with Crippen molar-refractivity contribution in [2.45, 2.75) is 13.8 Å². The number of methoxy groups -OCH3 is 1. The quantitative estimate of drug-likeness (QED) is 0.410. The summed E-state index contributed by atoms with van der Waals surface area (Å²) in [6, 6.07) is 22.6. The molecular weight excluding hydrogens is 358 g/mol. The van der Waals surface area contributed by atoms with E-state index in [2.05, 4.69) is 38.1 Å². The number of hydrogen-bond acceptors (Lipinski definition) is 2. The Morgan fingerprint density at radius 1 is 0.793 bits per heavy atom. The monoisotopic (exact) mass is 381 g/mol. The summed E-state index contributed by atoms with van der Waals surface area (Å²) in [6.07, 6.45) is 5.69. The molecule has 0 aliphatic rings. The van der Waals surface area contributed by atoms with Gasteiger partial charge in [0.25, 0.3) is 0 Å². The molecular formula is C25H23N3O. The summed E-state index contributed by atoms with van der Waals surface area (Å²) >= 11 is 0. The van der Waals surface area contributed by atoms with Gasteiger partial charge in [-0.15, -0.1) is 0 Å². The number of nitrogens with zero attached hydrogens (tertiary/aromatic N) is 3. The first-order valence-corrected chi connectivity index (χ1v) is 9.54. The Morgan fingerprint density at radius 3 is 2.14 bits per heavy atom. The lowest BCUT2D eigenvalue weighted by molar-refractivity contribution is -0.619. The van der Waals surface area contributed by atoms with E-state index in [-0.39, 0.29) is 0 Å². The van der Waals surface area contributed by atoms with E-state index in [1.807, 2.05) is 61.1 Å². The standard InChI is InChI=1S/C25H23N3O/c1-18-13-19(2)15-21(14-18)24-16-22(20-7-9-23(29-3)10-8-20)17-26-25(24)27-28-11-5-4-6-12-28/h4-17H,1-3H3. The summed E-state index contributed by atoms with van der Waals surface area (Å²) in [4.78, 5) is 4.71. The molecule has 0 radical (unpaired) electrons. The maximum Gasteiger partial charge on any atom is 0.182 e. The van der Waals surface area contributed by atoms with Gasteiger partial charge in [0.05, 0.1) is 7.11 Å². The average Bonchev–Trinajstić information content (AvgIpc) is 2.74. The third-order valence-electron chi connectivity index (χ3n) is 4.73. The molecule has 4 nitrogen and oxygen atoms in total. The highest BCUT2D eigenvalue weighted by molar-refractivity contribution is 5.81. The third-order valence-corrected chi connectivity index (χ3v) is 4.73. The van der Waals surface area contributed by atoms with Crippen LogP contribution in [0.15, 0.2) is 85.3 Å². The van der Waals surface area contributed by atoms with Crippen LogP contribution in [0.3, 0.4) is 0 Å². The Kier molecular flexibility index (Phi) is 5.25. The molecule has 0 unspecified atom stereocenters. The van der Waals surface area contributed by atoms with Crippen LogP contribution in [0.1, 0.15) is 11.1 Å². The molecule has 2 aromatic heterocycles. The fourth-order valence-electron chi connectivity index (χ4n) is 3.39. The van der Waals surface area contributed by atoms with Gasteiger partial charge in [-0.3, -0.25) is 0 Å². The van der Waals surface area contributed by atoms with Crippen molar-refractivity contribution < 1.29 is 9.41 Å². The fraction of sp³-hybridized carbons (Fsp3) is 0.120. The Balaban J connectivity index is 1.82. The summed E-state index contributed by atoms with van der Waals surface area (Å²) in [5, 5.41) is 0. The van der Waals surface area contributed by atoms with Gasteiger partial charge in [-0.05, 0) is 54.3 Å². The van der Waals surface area contributed by atoms with Crippen LogP contribution in [0, 0.1) is 13.8 Å². The van der Waals surface area contributed by atoms with Crippen molar-refractivity contribution in [3.05, 3.63) is 102 Å². The van der Waals surface area contributed by atoms with Gasteiger partial charge in [0, 0.05) is 18.0 Å². The zero-order valence-corrected chi connectivity index (χ0v) is 16.8. The number of rotatable bonds is 5. The highest BCUT2D eigenvalue weighted by Gasteiger charge is 2.08. The zero-order valence-electron chi connectivity index (χ0n) is 16.8. The van der Waals surface area contributed by atoms with Gasteiger partial charge < -0.3 is 9.72 Å². The fourth-order valence-corrected chi connectivity index (χ4v) is 3.39. The molecule has 0 bridgehead atoms. The molecule has 0 N–H and O–H groups in total. The first-order valence-electron chi connectivity index (χ1n) is 9.54. The molecule has 0 saturated heterocycles. The van der Waals surface area contributed by atoms with E-state index in [0.717, 1.165) is 28.0 Å². The summed E-state index contributed by atoms with van der Waals surface area (Å²) in [5.74, 6) is 1.52. The molecule has 0 aliphatic heterocycles. The van der Waals surface area contributed by atoms with Gasteiger partial charge in [0.2, 0.25) is 0 Å². The first kappa shape index (κ1) is 18.7. The molecule has 0 amide bonds. The van der Waals surface area contributed by atoms with Crippen molar-refractivity contribution in [2.75, 3.05) is 7.11 Å². The first-order chi connectivity index (χ1) is 14.1. The SMILES string of the molecule is COc1ccc(-c2cnc([N-][n+]3ccccc3)c(-c3cc(C)cc(C)c3)c2)cc1. The van der Waals surface area contributed by atoms with E-state index < -0.39 is 0 Å². The normalized spacial score (nSPS) is 10.6. The summed E-state index contributed by atoms with van der Waals surface area (Å²) in [7, 11) is 1.67. The molecule has 4 rings (SSSR count). The lowest BCUT2D eigenvalue weighted by Crippen LogP contribution is -2.26. The van der Waals surface area contributed by atoms with Crippen molar-refractivity contribution in [3.8, 4) is 28.0 Å². The third kappa shape index (κ3) is 4.27. The van der Waals surface area contributed by atoms with Crippen LogP contribution < -0.4 is 9.41 Å². The second kappa shape index (κ2) is 8.15. The van der Waals surface area contributed by atoms with E-state index >= 15 is 0 Å². The molecule has 2 aromatic carbocycles. The van der Waals surface area contributed by atoms with Crippen LogP contribution in [0.2, 0.25) is 0 Å². The molecule has 0 aliphatic carbocycles. The highest BCUT2D eigenvalue weighted by atomic mass is 16.5. The van der Waals surface area contributed by atoms with Crippen LogP contribution in [-0.4, -0.2) is 12.1 Å². The van der Waals surface area contributed by atoms with Crippen LogP contribution in [0.25, 0.3) is 27.7 Å². The number of aromatic nitrogens is 2. The van der Waals surface area contributed by atoms with Crippen molar-refractivity contribution in [3.63, 3.8) is 0 Å². The highest BCUT2D eigenvalue weighted by Crippen LogP contribution is 2.35. The Hall–Kier alpha value is -3.66. The van der Waals surface area contributed by atoms with Crippen molar-refractivity contribution in [2.24, 2.45) is 0 Å². The van der Waals surface area contributed by atoms with E-state index in [1.54, 1.807) is 11.8 Å². The van der Waals surface area contributed by atoms with Gasteiger partial charge in [-0.25, -0.2) is 0 Å². The molecule has 2 heterocycles. The lowest BCUT2D eigenvalue weighted by Gasteiger charge is -2.18. The zero-order chi connectivity index (χ0) is 20.2. The van der Waals surface area contributed by atoms with Crippen LogP contribution in [0.5, 0.6) is 5.75 Å². The Morgan fingerprint density at radius 2 is 1.48 bits per heavy atom. The van der Waals surface area contributed by atoms with Crippen molar-refractivity contribution in [1.82, 2.24) is 4.98 Å². The van der Waals surface area contributed by atoms with Gasteiger partial charge in [0.1, 0.15) is 5.75 Å². The van der Waals surface area contributed by atoms with Gasteiger partial charge >= 0.3 is 0 Å². The molecule has 4 heteroatoms. The summed E-state index contributed by atoms with van der Waals surface area (Å²) < 4.78 is 7.06. The predicted octanol–water partition coefficient (Wildman–Crippen LogP) is 5.80. The minimum atomic E-state index is 0.684. The van der Waals surface area contributed by atoms with Crippen molar-refractivity contribution in [1.29, 1.82) is 0 Å². The number of ether oxygens (including phenoxy) is 1. The smallest absolute Gasteiger partial charge is 0.182 e. The molecule has 29 heavy (non-hydrogen) atoms. The van der Waals surface area contributed by atoms with E-state index in [0.29, 0.717) is 5.82 Å². The Bertz CT molecular complexity index is 1100. The minimum absolute atomic E-state index is 0.684. The van der Waals surface area contributed by atoms with Crippen LogP contribution in [0.4, 0.5) is 5.82 Å². The Labute approximate surface area is 171 Å². The molecule has 0 spiro atoms. The van der Waals surface area contributed by atoms with Crippen LogP contribution >= 0.6 is 0 Å². The molecule has 144 valence electrons. The van der Waals surface area contributed by atoms with E-state index in [9.17, 15) is 0 Å². The second-order valence-electron chi connectivity index (χ2n) is 7.06. The van der Waals surface area contributed by atoms with E-state index in [1.165, 1.54) is 11.1 Å². The molecule has 0 atom stereocenters. The maximum absolute atomic E-state index is 5.28. The van der Waals surface area contributed by atoms with Crippen LogP contribution in [-0.2, 0) is 0 Å². The van der Waals surface area contributed by atoms with Gasteiger partial charge in [0.15, 0.2) is 12.4 Å². The number of pyridine rings is 2. The van der Waals surface area contributed by atoms with Gasteiger partial charge in [-0.1, -0.05) is 53.7 Å². The molecule has 0 fully saturated rings. The van der Waals surface area contributed by atoms with E-state index in [4.69, 9.17) is 15.1 Å². The predicted molar refractivity (Wildman–Crippen MR) is 116 cm³/mol. The largest absolute Gasteiger partial charge is 0.497 e. The lowest BCUT2D eigenvalue weighted by atomic mass is 9.98. The summed E-state index contributed by atoms with van der Waals surface area (Å²) in [6.45, 7) is 4.22. The van der Waals surface area contributed by atoms with Crippen molar-refractivity contribution >= 4 is 5.82 Å². The average molecular weight is 381 g/mol. The van der Waals surface area contributed by atoms with Gasteiger partial charge in [-0.2, -0.15) is 10.1 Å². The minimum Gasteiger partial charge on any atom is -0.497 e. The number of aryl methyl sites for hydroxylation is 2.